The van der Waals surface area contributed by atoms with Crippen LogP contribution < -0.4 is 4.74 Å². The standard InChI is InChI=1S/C20H33NO3S/c1-5-19(22-4)20(6-2)24-18-9-7-8-16(14-18)15-25-21(3)17-10-12-23-13-11-17/h7-9,14,17,19-20H,5-6,10-13,15H2,1-4H3. The molecule has 0 aromatic heterocycles. The summed E-state index contributed by atoms with van der Waals surface area (Å²) in [6.07, 6.45) is 4.39. The second-order valence-corrected chi connectivity index (χ2v) is 7.68. The highest BCUT2D eigenvalue weighted by atomic mass is 32.2. The van der Waals surface area contributed by atoms with Gasteiger partial charge in [-0.15, -0.1) is 0 Å². The van der Waals surface area contributed by atoms with Crippen LogP contribution in [0.5, 0.6) is 5.75 Å². The molecule has 1 aromatic carbocycles. The number of hydrogen-bond acceptors (Lipinski definition) is 5. The number of hydrogen-bond donors (Lipinski definition) is 0. The maximum absolute atomic E-state index is 6.21. The first kappa shape index (κ1) is 20.6. The van der Waals surface area contributed by atoms with Gasteiger partial charge in [0, 0.05) is 32.1 Å². The first-order valence-electron chi connectivity index (χ1n) is 9.39. The largest absolute Gasteiger partial charge is 0.488 e. The highest BCUT2D eigenvalue weighted by Gasteiger charge is 2.20. The van der Waals surface area contributed by atoms with Crippen LogP contribution in [0.4, 0.5) is 0 Å². The van der Waals surface area contributed by atoms with Gasteiger partial charge < -0.3 is 14.2 Å². The quantitative estimate of drug-likeness (QED) is 0.567. The fraction of sp³-hybridized carbons (Fsp3) is 0.700. The predicted molar refractivity (Wildman–Crippen MR) is 105 cm³/mol. The molecule has 1 heterocycles. The number of nitrogens with zero attached hydrogens (tertiary/aromatic N) is 1. The van der Waals surface area contributed by atoms with E-state index in [-0.39, 0.29) is 12.2 Å². The van der Waals surface area contributed by atoms with Gasteiger partial charge in [0.1, 0.15) is 11.9 Å². The lowest BCUT2D eigenvalue weighted by atomic mass is 10.1. The van der Waals surface area contributed by atoms with E-state index in [9.17, 15) is 0 Å². The Balaban J connectivity index is 1.89. The number of ether oxygens (including phenoxy) is 3. The fourth-order valence-electron chi connectivity index (χ4n) is 3.22. The molecule has 1 aliphatic rings. The molecule has 5 heteroatoms. The minimum atomic E-state index is 0.0998. The van der Waals surface area contributed by atoms with Crippen molar-refractivity contribution < 1.29 is 14.2 Å². The Kier molecular flexibility index (Phi) is 9.10. The summed E-state index contributed by atoms with van der Waals surface area (Å²) in [6.45, 7) is 6.05. The number of methoxy groups -OCH3 is 1. The maximum atomic E-state index is 6.21. The zero-order chi connectivity index (χ0) is 18.1. The average Bonchev–Trinajstić information content (AvgIpc) is 2.67. The topological polar surface area (TPSA) is 30.9 Å². The third-order valence-electron chi connectivity index (χ3n) is 4.85. The highest BCUT2D eigenvalue weighted by Crippen LogP contribution is 2.26. The Morgan fingerprint density at radius 2 is 1.92 bits per heavy atom. The molecule has 1 saturated heterocycles. The van der Waals surface area contributed by atoms with Gasteiger partial charge in [-0.25, -0.2) is 0 Å². The zero-order valence-corrected chi connectivity index (χ0v) is 16.9. The van der Waals surface area contributed by atoms with E-state index >= 15 is 0 Å². The molecule has 0 bridgehead atoms. The van der Waals surface area contributed by atoms with Gasteiger partial charge in [0.25, 0.3) is 0 Å². The van der Waals surface area contributed by atoms with Crippen LogP contribution in [0.1, 0.15) is 45.1 Å². The molecular formula is C20H33NO3S. The third-order valence-corrected chi connectivity index (χ3v) is 6.02. The normalized spacial score (nSPS) is 18.3. The predicted octanol–water partition coefficient (Wildman–Crippen LogP) is 4.53. The van der Waals surface area contributed by atoms with E-state index in [0.717, 1.165) is 50.4 Å². The maximum Gasteiger partial charge on any atom is 0.124 e. The third kappa shape index (κ3) is 6.48. The molecule has 1 aliphatic heterocycles. The summed E-state index contributed by atoms with van der Waals surface area (Å²) >= 11 is 1.88. The summed E-state index contributed by atoms with van der Waals surface area (Å²) in [6, 6.07) is 9.08. The summed E-state index contributed by atoms with van der Waals surface area (Å²) in [5.41, 5.74) is 1.29. The van der Waals surface area contributed by atoms with E-state index in [4.69, 9.17) is 14.2 Å². The van der Waals surface area contributed by atoms with Gasteiger partial charge in [-0.05, 0) is 50.4 Å². The van der Waals surface area contributed by atoms with Gasteiger partial charge in [-0.1, -0.05) is 37.9 Å². The SMILES string of the molecule is CCC(OC)C(CC)Oc1cccc(CSN(C)C2CCOCC2)c1. The van der Waals surface area contributed by atoms with E-state index in [2.05, 4.69) is 43.4 Å². The second-order valence-electron chi connectivity index (χ2n) is 6.56. The van der Waals surface area contributed by atoms with E-state index in [1.165, 1.54) is 5.56 Å². The molecular weight excluding hydrogens is 334 g/mol. The van der Waals surface area contributed by atoms with Crippen LogP contribution in [0.2, 0.25) is 0 Å². The van der Waals surface area contributed by atoms with E-state index in [1.807, 2.05) is 18.0 Å². The first-order valence-corrected chi connectivity index (χ1v) is 10.3. The van der Waals surface area contributed by atoms with Gasteiger partial charge in [0.05, 0.1) is 6.10 Å². The smallest absolute Gasteiger partial charge is 0.124 e. The van der Waals surface area contributed by atoms with E-state index in [1.54, 1.807) is 7.11 Å². The van der Waals surface area contributed by atoms with Crippen molar-refractivity contribution in [2.24, 2.45) is 0 Å². The summed E-state index contributed by atoms with van der Waals surface area (Å²) in [4.78, 5) is 0. The molecule has 0 amide bonds. The van der Waals surface area contributed by atoms with Crippen molar-refractivity contribution in [3.05, 3.63) is 29.8 Å². The minimum absolute atomic E-state index is 0.0998. The monoisotopic (exact) mass is 367 g/mol. The van der Waals surface area contributed by atoms with Crippen molar-refractivity contribution in [2.75, 3.05) is 27.4 Å². The Bertz CT molecular complexity index is 490. The molecule has 1 fully saturated rings. The number of rotatable bonds is 10. The Labute approximate surface area is 157 Å². The van der Waals surface area contributed by atoms with Crippen LogP contribution in [0.15, 0.2) is 24.3 Å². The fourth-order valence-corrected chi connectivity index (χ4v) is 4.17. The zero-order valence-electron chi connectivity index (χ0n) is 16.1. The average molecular weight is 368 g/mol. The van der Waals surface area contributed by atoms with E-state index < -0.39 is 0 Å². The summed E-state index contributed by atoms with van der Waals surface area (Å²) in [5.74, 6) is 1.90. The van der Waals surface area contributed by atoms with Gasteiger partial charge in [0.2, 0.25) is 0 Å². The Morgan fingerprint density at radius 3 is 2.56 bits per heavy atom. The van der Waals surface area contributed by atoms with Gasteiger partial charge >= 0.3 is 0 Å². The molecule has 0 aliphatic carbocycles. The summed E-state index contributed by atoms with van der Waals surface area (Å²) in [5, 5.41) is 0. The summed E-state index contributed by atoms with van der Waals surface area (Å²) < 4.78 is 19.6. The second kappa shape index (κ2) is 11.1. The molecule has 2 unspecified atom stereocenters. The first-order chi connectivity index (χ1) is 12.2. The molecule has 2 rings (SSSR count). The van der Waals surface area contributed by atoms with E-state index in [0.29, 0.717) is 6.04 Å². The van der Waals surface area contributed by atoms with Crippen molar-refractivity contribution in [1.82, 2.24) is 4.31 Å². The molecule has 0 radical (unpaired) electrons. The Hall–Kier alpha value is -0.750. The van der Waals surface area contributed by atoms with Crippen molar-refractivity contribution in [2.45, 2.75) is 63.5 Å². The van der Waals surface area contributed by atoms with Crippen LogP contribution in [0, 0.1) is 0 Å². The molecule has 4 nitrogen and oxygen atoms in total. The van der Waals surface area contributed by atoms with Crippen molar-refractivity contribution in [3.8, 4) is 5.75 Å². The molecule has 0 spiro atoms. The van der Waals surface area contributed by atoms with Crippen LogP contribution in [-0.4, -0.2) is 49.9 Å². The molecule has 25 heavy (non-hydrogen) atoms. The van der Waals surface area contributed by atoms with Gasteiger partial charge in [-0.3, -0.25) is 4.31 Å². The van der Waals surface area contributed by atoms with Crippen molar-refractivity contribution >= 4 is 11.9 Å². The minimum Gasteiger partial charge on any atom is -0.488 e. The summed E-state index contributed by atoms with van der Waals surface area (Å²) in [7, 11) is 3.96. The molecule has 0 saturated carbocycles. The molecule has 142 valence electrons. The molecule has 2 atom stereocenters. The lowest BCUT2D eigenvalue weighted by molar-refractivity contribution is -0.00154. The lowest BCUT2D eigenvalue weighted by Gasteiger charge is -2.30. The van der Waals surface area contributed by atoms with Crippen LogP contribution >= 0.6 is 11.9 Å². The van der Waals surface area contributed by atoms with Crippen LogP contribution in [0.25, 0.3) is 0 Å². The number of benzene rings is 1. The lowest BCUT2D eigenvalue weighted by Crippen LogP contribution is -2.32. The molecule has 0 N–H and O–H groups in total. The van der Waals surface area contributed by atoms with Crippen LogP contribution in [0.3, 0.4) is 0 Å². The Morgan fingerprint density at radius 1 is 1.20 bits per heavy atom. The molecule has 1 aromatic rings. The van der Waals surface area contributed by atoms with Crippen molar-refractivity contribution in [3.63, 3.8) is 0 Å². The van der Waals surface area contributed by atoms with Gasteiger partial charge in [-0.2, -0.15) is 0 Å². The highest BCUT2D eigenvalue weighted by molar-refractivity contribution is 7.96. The van der Waals surface area contributed by atoms with Gasteiger partial charge in [0.15, 0.2) is 0 Å². The van der Waals surface area contributed by atoms with Crippen molar-refractivity contribution in [1.29, 1.82) is 0 Å². The van der Waals surface area contributed by atoms with Crippen LogP contribution in [-0.2, 0) is 15.2 Å².